The van der Waals surface area contributed by atoms with Gasteiger partial charge in [0.1, 0.15) is 0 Å². The first-order valence-electron chi connectivity index (χ1n) is 6.86. The van der Waals surface area contributed by atoms with E-state index in [-0.39, 0.29) is 5.60 Å². The fourth-order valence-electron chi connectivity index (χ4n) is 2.11. The van der Waals surface area contributed by atoms with Crippen LogP contribution in [0.15, 0.2) is 24.5 Å². The Bertz CT molecular complexity index is 325. The van der Waals surface area contributed by atoms with Crippen LogP contribution in [-0.4, -0.2) is 29.8 Å². The van der Waals surface area contributed by atoms with Crippen LogP contribution in [0, 0.1) is 0 Å². The number of pyridine rings is 1. The summed E-state index contributed by atoms with van der Waals surface area (Å²) >= 11 is 0. The number of nitrogens with zero attached hydrogens (tertiary/aromatic N) is 1. The van der Waals surface area contributed by atoms with Crippen LogP contribution in [0.3, 0.4) is 0 Å². The molecule has 0 aromatic carbocycles. The molecule has 0 spiro atoms. The molecule has 0 saturated heterocycles. The van der Waals surface area contributed by atoms with E-state index < -0.39 is 0 Å². The molecule has 3 nitrogen and oxygen atoms in total. The SMILES string of the molecule is CCCNC(Cc1ccncc1)C(C)(C)OCC. The first kappa shape index (κ1) is 15.1. The third-order valence-electron chi connectivity index (χ3n) is 3.19. The Morgan fingerprint density at radius 1 is 1.28 bits per heavy atom. The molecule has 3 heteroatoms. The zero-order chi connectivity index (χ0) is 13.4. The predicted octanol–water partition coefficient (Wildman–Crippen LogP) is 2.81. The van der Waals surface area contributed by atoms with Crippen molar-refractivity contribution in [1.82, 2.24) is 10.3 Å². The molecule has 1 rings (SSSR count). The van der Waals surface area contributed by atoms with Gasteiger partial charge in [-0.25, -0.2) is 0 Å². The van der Waals surface area contributed by atoms with Crippen molar-refractivity contribution in [2.24, 2.45) is 0 Å². The van der Waals surface area contributed by atoms with Crippen LogP contribution < -0.4 is 5.32 Å². The summed E-state index contributed by atoms with van der Waals surface area (Å²) in [6.07, 6.45) is 5.80. The normalized spacial score (nSPS) is 13.6. The van der Waals surface area contributed by atoms with E-state index in [9.17, 15) is 0 Å². The quantitative estimate of drug-likeness (QED) is 0.770. The topological polar surface area (TPSA) is 34.2 Å². The Kier molecular flexibility index (Phi) is 6.30. The lowest BCUT2D eigenvalue weighted by atomic mass is 9.92. The van der Waals surface area contributed by atoms with Gasteiger partial charge in [-0.2, -0.15) is 0 Å². The van der Waals surface area contributed by atoms with Gasteiger partial charge in [0.2, 0.25) is 0 Å². The Labute approximate surface area is 111 Å². The van der Waals surface area contributed by atoms with E-state index >= 15 is 0 Å². The number of hydrogen-bond acceptors (Lipinski definition) is 3. The average Bonchev–Trinajstić information content (AvgIpc) is 2.35. The first-order chi connectivity index (χ1) is 8.60. The van der Waals surface area contributed by atoms with Crippen LogP contribution >= 0.6 is 0 Å². The molecule has 1 unspecified atom stereocenters. The van der Waals surface area contributed by atoms with Gasteiger partial charge in [0.05, 0.1) is 5.60 Å². The molecule has 0 aliphatic heterocycles. The molecule has 1 atom stereocenters. The van der Waals surface area contributed by atoms with Crippen molar-refractivity contribution in [3.05, 3.63) is 30.1 Å². The fraction of sp³-hybridized carbons (Fsp3) is 0.667. The summed E-state index contributed by atoms with van der Waals surface area (Å²) in [5, 5.41) is 3.60. The van der Waals surface area contributed by atoms with Gasteiger partial charge in [0.15, 0.2) is 0 Å². The second-order valence-corrected chi connectivity index (χ2v) is 5.10. The van der Waals surface area contributed by atoms with E-state index in [4.69, 9.17) is 4.74 Å². The summed E-state index contributed by atoms with van der Waals surface area (Å²) in [4.78, 5) is 4.06. The average molecular weight is 250 g/mol. The van der Waals surface area contributed by atoms with Crippen molar-refractivity contribution in [1.29, 1.82) is 0 Å². The standard InChI is InChI=1S/C15H26N2O/c1-5-9-17-14(15(3,4)18-6-2)12-13-7-10-16-11-8-13/h7-8,10-11,14,17H,5-6,9,12H2,1-4H3. The number of nitrogens with one attached hydrogen (secondary N) is 1. The van der Waals surface area contributed by atoms with Gasteiger partial charge in [-0.3, -0.25) is 4.98 Å². The fourth-order valence-corrected chi connectivity index (χ4v) is 2.11. The van der Waals surface area contributed by atoms with Crippen molar-refractivity contribution >= 4 is 0 Å². The molecular weight excluding hydrogens is 224 g/mol. The zero-order valence-electron chi connectivity index (χ0n) is 12.1. The highest BCUT2D eigenvalue weighted by molar-refractivity contribution is 5.13. The van der Waals surface area contributed by atoms with Gasteiger partial charge < -0.3 is 10.1 Å². The van der Waals surface area contributed by atoms with Crippen LogP contribution in [0.4, 0.5) is 0 Å². The summed E-state index contributed by atoms with van der Waals surface area (Å²) in [5.41, 5.74) is 1.14. The molecule has 0 amide bonds. The molecule has 0 aliphatic rings. The van der Waals surface area contributed by atoms with Crippen LogP contribution in [0.5, 0.6) is 0 Å². The van der Waals surface area contributed by atoms with Crippen molar-refractivity contribution < 1.29 is 4.74 Å². The lowest BCUT2D eigenvalue weighted by Gasteiger charge is -2.35. The van der Waals surface area contributed by atoms with Crippen LogP contribution in [-0.2, 0) is 11.2 Å². The van der Waals surface area contributed by atoms with E-state index in [1.165, 1.54) is 5.56 Å². The maximum atomic E-state index is 5.88. The molecule has 0 saturated carbocycles. The Balaban J connectivity index is 2.71. The minimum absolute atomic E-state index is 0.160. The Morgan fingerprint density at radius 3 is 2.50 bits per heavy atom. The summed E-state index contributed by atoms with van der Waals surface area (Å²) in [5.74, 6) is 0. The summed E-state index contributed by atoms with van der Waals surface area (Å²) in [6.45, 7) is 10.3. The van der Waals surface area contributed by atoms with Gasteiger partial charge in [-0.05, 0) is 57.9 Å². The summed E-state index contributed by atoms with van der Waals surface area (Å²) in [6, 6.07) is 4.46. The molecule has 1 aromatic rings. The number of rotatable bonds is 8. The van der Waals surface area contributed by atoms with Crippen molar-refractivity contribution in [3.63, 3.8) is 0 Å². The molecule has 18 heavy (non-hydrogen) atoms. The van der Waals surface area contributed by atoms with E-state index in [0.717, 1.165) is 26.0 Å². The van der Waals surface area contributed by atoms with Crippen LogP contribution in [0.2, 0.25) is 0 Å². The number of hydrogen-bond donors (Lipinski definition) is 1. The third kappa shape index (κ3) is 4.75. The number of aromatic nitrogens is 1. The molecule has 0 radical (unpaired) electrons. The minimum atomic E-state index is -0.160. The second-order valence-electron chi connectivity index (χ2n) is 5.10. The monoisotopic (exact) mass is 250 g/mol. The molecular formula is C15H26N2O. The van der Waals surface area contributed by atoms with Gasteiger partial charge in [0, 0.05) is 25.0 Å². The third-order valence-corrected chi connectivity index (χ3v) is 3.19. The maximum absolute atomic E-state index is 5.88. The van der Waals surface area contributed by atoms with E-state index in [1.807, 2.05) is 19.3 Å². The molecule has 0 fully saturated rings. The molecule has 1 aromatic heterocycles. The summed E-state index contributed by atoms with van der Waals surface area (Å²) in [7, 11) is 0. The molecule has 0 aliphatic carbocycles. The highest BCUT2D eigenvalue weighted by Gasteiger charge is 2.29. The molecule has 102 valence electrons. The van der Waals surface area contributed by atoms with E-state index in [0.29, 0.717) is 6.04 Å². The molecule has 1 N–H and O–H groups in total. The Hall–Kier alpha value is -0.930. The Morgan fingerprint density at radius 2 is 1.94 bits per heavy atom. The maximum Gasteiger partial charge on any atom is 0.0781 e. The van der Waals surface area contributed by atoms with Gasteiger partial charge in [0.25, 0.3) is 0 Å². The van der Waals surface area contributed by atoms with Crippen LogP contribution in [0.1, 0.15) is 39.7 Å². The largest absolute Gasteiger partial charge is 0.374 e. The highest BCUT2D eigenvalue weighted by atomic mass is 16.5. The smallest absolute Gasteiger partial charge is 0.0781 e. The first-order valence-corrected chi connectivity index (χ1v) is 6.86. The van der Waals surface area contributed by atoms with Gasteiger partial charge in [-0.15, -0.1) is 0 Å². The van der Waals surface area contributed by atoms with Gasteiger partial charge >= 0.3 is 0 Å². The second kappa shape index (κ2) is 7.49. The lowest BCUT2D eigenvalue weighted by molar-refractivity contribution is -0.0379. The minimum Gasteiger partial charge on any atom is -0.374 e. The zero-order valence-corrected chi connectivity index (χ0v) is 12.1. The van der Waals surface area contributed by atoms with Gasteiger partial charge in [-0.1, -0.05) is 6.92 Å². The lowest BCUT2D eigenvalue weighted by Crippen LogP contribution is -2.50. The van der Waals surface area contributed by atoms with Crippen molar-refractivity contribution in [2.45, 2.75) is 52.2 Å². The van der Waals surface area contributed by atoms with Crippen molar-refractivity contribution in [2.75, 3.05) is 13.2 Å². The molecule has 1 heterocycles. The summed E-state index contributed by atoms with van der Waals surface area (Å²) < 4.78 is 5.88. The van der Waals surface area contributed by atoms with Crippen molar-refractivity contribution in [3.8, 4) is 0 Å². The highest BCUT2D eigenvalue weighted by Crippen LogP contribution is 2.19. The van der Waals surface area contributed by atoms with E-state index in [1.54, 1.807) is 0 Å². The number of ether oxygens (including phenoxy) is 1. The molecule has 0 bridgehead atoms. The predicted molar refractivity (Wildman–Crippen MR) is 75.7 cm³/mol. The van der Waals surface area contributed by atoms with E-state index in [2.05, 4.69) is 43.2 Å². The van der Waals surface area contributed by atoms with Crippen LogP contribution in [0.25, 0.3) is 0 Å².